The molecule has 2 aromatic carbocycles. The predicted octanol–water partition coefficient (Wildman–Crippen LogP) is 5.40. The lowest BCUT2D eigenvalue weighted by atomic mass is 10.2. The monoisotopic (exact) mass is 342 g/mol. The fourth-order valence-corrected chi connectivity index (χ4v) is 2.96. The molecule has 0 saturated carbocycles. The average molecular weight is 344 g/mol. The Balaban J connectivity index is 2.09. The lowest BCUT2D eigenvalue weighted by Crippen LogP contribution is -1.90. The first-order valence-electron chi connectivity index (χ1n) is 5.40. The second kappa shape index (κ2) is 6.50. The van der Waals surface area contributed by atoms with Crippen molar-refractivity contribution in [3.63, 3.8) is 0 Å². The Labute approximate surface area is 125 Å². The van der Waals surface area contributed by atoms with Gasteiger partial charge in [-0.15, -0.1) is 11.8 Å². The molecule has 0 aliphatic heterocycles. The molecule has 0 bridgehead atoms. The first-order valence-corrected chi connectivity index (χ1v) is 7.55. The maximum atomic E-state index is 5.86. The highest BCUT2D eigenvalue weighted by Gasteiger charge is 2.04. The molecule has 4 heteroatoms. The van der Waals surface area contributed by atoms with E-state index >= 15 is 0 Å². The molecule has 0 aliphatic carbocycles. The zero-order valence-corrected chi connectivity index (χ0v) is 13.0. The van der Waals surface area contributed by atoms with Gasteiger partial charge in [-0.1, -0.05) is 27.5 Å². The molecule has 0 radical (unpaired) electrons. The quantitative estimate of drug-likeness (QED) is 0.687. The van der Waals surface area contributed by atoms with Gasteiger partial charge in [-0.2, -0.15) is 0 Å². The number of ether oxygens (including phenoxy) is 1. The van der Waals surface area contributed by atoms with Crippen LogP contribution in [0.5, 0.6) is 5.75 Å². The molecule has 2 aromatic rings. The molecule has 94 valence electrons. The van der Waals surface area contributed by atoms with Gasteiger partial charge >= 0.3 is 0 Å². The number of hydrogen-bond acceptors (Lipinski definition) is 2. The molecule has 0 unspecified atom stereocenters. The predicted molar refractivity (Wildman–Crippen MR) is 81.7 cm³/mol. The van der Waals surface area contributed by atoms with Gasteiger partial charge in [-0.25, -0.2) is 0 Å². The van der Waals surface area contributed by atoms with Crippen LogP contribution in [0, 0.1) is 0 Å². The molecule has 1 nitrogen and oxygen atoms in total. The maximum Gasteiger partial charge on any atom is 0.122 e. The lowest BCUT2D eigenvalue weighted by Gasteiger charge is -2.08. The molecule has 0 saturated heterocycles. The molecule has 0 spiro atoms. The fraction of sp³-hybridized carbons (Fsp3) is 0.143. The smallest absolute Gasteiger partial charge is 0.122 e. The van der Waals surface area contributed by atoms with Crippen LogP contribution in [-0.2, 0) is 5.75 Å². The number of thioether (sulfide) groups is 1. The zero-order valence-electron chi connectivity index (χ0n) is 9.82. The second-order valence-corrected chi connectivity index (χ2v) is 6.10. The minimum absolute atomic E-state index is 0.763. The van der Waals surface area contributed by atoms with Crippen LogP contribution in [0.3, 0.4) is 0 Å². The molecule has 0 N–H and O–H groups in total. The summed E-state index contributed by atoms with van der Waals surface area (Å²) in [4.78, 5) is 1.20. The summed E-state index contributed by atoms with van der Waals surface area (Å²) in [5.74, 6) is 1.78. The first kappa shape index (κ1) is 13.8. The Kier molecular flexibility index (Phi) is 4.98. The summed E-state index contributed by atoms with van der Waals surface area (Å²) < 4.78 is 6.42. The Morgan fingerprint density at radius 3 is 2.56 bits per heavy atom. The Hall–Kier alpha value is -0.640. The first-order chi connectivity index (χ1) is 8.69. The molecular weight excluding hydrogens is 332 g/mol. The van der Waals surface area contributed by atoms with Gasteiger partial charge in [0.15, 0.2) is 0 Å². The average Bonchev–Trinajstić information content (AvgIpc) is 2.38. The second-order valence-electron chi connectivity index (χ2n) is 3.70. The Morgan fingerprint density at radius 1 is 1.17 bits per heavy atom. The molecule has 0 amide bonds. The van der Waals surface area contributed by atoms with Gasteiger partial charge in [0.2, 0.25) is 0 Å². The molecule has 0 fully saturated rings. The Morgan fingerprint density at radius 2 is 1.89 bits per heavy atom. The van der Waals surface area contributed by atoms with E-state index < -0.39 is 0 Å². The van der Waals surface area contributed by atoms with Crippen LogP contribution in [-0.4, -0.2) is 7.11 Å². The van der Waals surface area contributed by atoms with Gasteiger partial charge in [0.05, 0.1) is 7.11 Å². The minimum Gasteiger partial charge on any atom is -0.496 e. The van der Waals surface area contributed by atoms with Crippen LogP contribution in [0.2, 0.25) is 5.02 Å². The van der Waals surface area contributed by atoms with Gasteiger partial charge in [0, 0.05) is 25.7 Å². The van der Waals surface area contributed by atoms with Crippen molar-refractivity contribution in [2.24, 2.45) is 0 Å². The third kappa shape index (κ3) is 3.67. The van der Waals surface area contributed by atoms with Gasteiger partial charge in [0.1, 0.15) is 5.75 Å². The van der Waals surface area contributed by atoms with Gasteiger partial charge in [-0.05, 0) is 42.5 Å². The fourth-order valence-electron chi connectivity index (χ4n) is 1.55. The highest BCUT2D eigenvalue weighted by Crippen LogP contribution is 2.30. The number of halogens is 2. The van der Waals surface area contributed by atoms with E-state index in [4.69, 9.17) is 16.3 Å². The topological polar surface area (TPSA) is 9.23 Å². The van der Waals surface area contributed by atoms with E-state index in [0.717, 1.165) is 21.0 Å². The lowest BCUT2D eigenvalue weighted by molar-refractivity contribution is 0.411. The summed E-state index contributed by atoms with van der Waals surface area (Å²) in [5, 5.41) is 0.763. The number of benzene rings is 2. The van der Waals surface area contributed by atoms with E-state index in [2.05, 4.69) is 22.0 Å². The van der Waals surface area contributed by atoms with Crippen molar-refractivity contribution in [3.05, 3.63) is 57.5 Å². The largest absolute Gasteiger partial charge is 0.496 e. The highest BCUT2D eigenvalue weighted by atomic mass is 79.9. The third-order valence-electron chi connectivity index (χ3n) is 2.45. The van der Waals surface area contributed by atoms with Crippen LogP contribution in [0.4, 0.5) is 0 Å². The molecule has 0 aliphatic rings. The minimum atomic E-state index is 0.763. The van der Waals surface area contributed by atoms with E-state index in [1.54, 1.807) is 18.9 Å². The molecule has 0 heterocycles. The summed E-state index contributed by atoms with van der Waals surface area (Å²) in [6.07, 6.45) is 0. The van der Waals surface area contributed by atoms with Crippen molar-refractivity contribution in [2.45, 2.75) is 10.6 Å². The molecule has 2 rings (SSSR count). The Bertz CT molecular complexity index is 528. The van der Waals surface area contributed by atoms with Crippen LogP contribution >= 0.6 is 39.3 Å². The van der Waals surface area contributed by atoms with Crippen molar-refractivity contribution in [1.82, 2.24) is 0 Å². The van der Waals surface area contributed by atoms with Crippen LogP contribution in [0.1, 0.15) is 5.56 Å². The highest BCUT2D eigenvalue weighted by molar-refractivity contribution is 9.10. The van der Waals surface area contributed by atoms with Crippen LogP contribution < -0.4 is 4.74 Å². The summed E-state index contributed by atoms with van der Waals surface area (Å²) >= 11 is 11.1. The zero-order chi connectivity index (χ0) is 13.0. The van der Waals surface area contributed by atoms with Crippen molar-refractivity contribution in [2.75, 3.05) is 7.11 Å². The van der Waals surface area contributed by atoms with E-state index in [9.17, 15) is 0 Å². The van der Waals surface area contributed by atoms with Crippen molar-refractivity contribution < 1.29 is 4.74 Å². The van der Waals surface area contributed by atoms with Crippen LogP contribution in [0.15, 0.2) is 51.8 Å². The normalized spacial score (nSPS) is 10.4. The van der Waals surface area contributed by atoms with E-state index in [1.807, 2.05) is 36.4 Å². The number of rotatable bonds is 4. The molecule has 0 atom stereocenters. The van der Waals surface area contributed by atoms with Crippen LogP contribution in [0.25, 0.3) is 0 Å². The summed E-state index contributed by atoms with van der Waals surface area (Å²) in [7, 11) is 1.69. The van der Waals surface area contributed by atoms with Gasteiger partial charge in [0.25, 0.3) is 0 Å². The third-order valence-corrected chi connectivity index (χ3v) is 4.26. The van der Waals surface area contributed by atoms with E-state index in [-0.39, 0.29) is 0 Å². The van der Waals surface area contributed by atoms with Gasteiger partial charge < -0.3 is 4.74 Å². The SMILES string of the molecule is COc1ccc(Br)cc1CSc1ccc(Cl)cc1. The number of hydrogen-bond donors (Lipinski definition) is 0. The molecule has 18 heavy (non-hydrogen) atoms. The maximum absolute atomic E-state index is 5.86. The van der Waals surface area contributed by atoms with E-state index in [0.29, 0.717) is 0 Å². The number of methoxy groups -OCH3 is 1. The van der Waals surface area contributed by atoms with Crippen molar-refractivity contribution in [1.29, 1.82) is 0 Å². The molecule has 0 aromatic heterocycles. The summed E-state index contributed by atoms with van der Waals surface area (Å²) in [6.45, 7) is 0. The van der Waals surface area contributed by atoms with Gasteiger partial charge in [-0.3, -0.25) is 0 Å². The standard InChI is InChI=1S/C14H12BrClOS/c1-17-14-7-2-11(15)8-10(14)9-18-13-5-3-12(16)4-6-13/h2-8H,9H2,1H3. The van der Waals surface area contributed by atoms with Crippen molar-refractivity contribution in [3.8, 4) is 5.75 Å². The van der Waals surface area contributed by atoms with Crippen molar-refractivity contribution >= 4 is 39.3 Å². The summed E-state index contributed by atoms with van der Waals surface area (Å²) in [5.41, 5.74) is 1.17. The molecular formula is C14H12BrClOS. The van der Waals surface area contributed by atoms with E-state index in [1.165, 1.54) is 10.5 Å². The summed E-state index contributed by atoms with van der Waals surface area (Å²) in [6, 6.07) is 13.9.